The van der Waals surface area contributed by atoms with Crippen LogP contribution in [-0.4, -0.2) is 32.3 Å². The molecule has 0 aliphatic heterocycles. The number of benzene rings is 2. The van der Waals surface area contributed by atoms with Crippen molar-refractivity contribution in [1.29, 1.82) is 0 Å². The first-order valence-electron chi connectivity index (χ1n) is 9.50. The number of amides is 2. The number of halogens is 1. The van der Waals surface area contributed by atoms with Crippen LogP contribution >= 0.6 is 23.4 Å². The van der Waals surface area contributed by atoms with Gasteiger partial charge in [-0.3, -0.25) is 9.59 Å². The standard InChI is InChI=1S/C22H22ClN5O2S/c1-15-7-10-17(11-8-15)25-21(30)14-31-22-27-26-19(28(22)2)13-24-20(29)12-9-16-5-3-4-6-18(16)23/h3-12H,13-14H2,1-2H3,(H,24,29)(H,25,30)/b12-9+. The summed E-state index contributed by atoms with van der Waals surface area (Å²) in [6.07, 6.45) is 3.07. The predicted octanol–water partition coefficient (Wildman–Crippen LogP) is 3.84. The van der Waals surface area contributed by atoms with Gasteiger partial charge >= 0.3 is 0 Å². The lowest BCUT2D eigenvalue weighted by Crippen LogP contribution is -2.22. The number of thioether (sulfide) groups is 1. The van der Waals surface area contributed by atoms with E-state index in [9.17, 15) is 9.59 Å². The molecule has 3 aromatic rings. The van der Waals surface area contributed by atoms with Gasteiger partial charge < -0.3 is 15.2 Å². The normalized spacial score (nSPS) is 10.9. The summed E-state index contributed by atoms with van der Waals surface area (Å²) in [7, 11) is 1.79. The van der Waals surface area contributed by atoms with Crippen molar-refractivity contribution in [3.05, 3.63) is 76.6 Å². The summed E-state index contributed by atoms with van der Waals surface area (Å²) in [6, 6.07) is 14.9. The number of aryl methyl sites for hydroxylation is 1. The highest BCUT2D eigenvalue weighted by Crippen LogP contribution is 2.17. The Labute approximate surface area is 189 Å². The fourth-order valence-electron chi connectivity index (χ4n) is 2.59. The Bertz CT molecular complexity index is 1100. The van der Waals surface area contributed by atoms with Crippen LogP contribution in [0.2, 0.25) is 5.02 Å². The minimum absolute atomic E-state index is 0.128. The molecule has 1 heterocycles. The number of aromatic nitrogens is 3. The van der Waals surface area contributed by atoms with E-state index in [1.165, 1.54) is 17.8 Å². The first-order chi connectivity index (χ1) is 14.9. The second-order valence-electron chi connectivity index (χ2n) is 6.73. The highest BCUT2D eigenvalue weighted by molar-refractivity contribution is 7.99. The summed E-state index contributed by atoms with van der Waals surface area (Å²) in [5.41, 5.74) is 2.65. The summed E-state index contributed by atoms with van der Waals surface area (Å²) in [5, 5.41) is 15.0. The van der Waals surface area contributed by atoms with Gasteiger partial charge in [0.1, 0.15) is 0 Å². The highest BCUT2D eigenvalue weighted by atomic mass is 35.5. The number of anilines is 1. The van der Waals surface area contributed by atoms with Crippen LogP contribution in [0.1, 0.15) is 17.0 Å². The average Bonchev–Trinajstić information content (AvgIpc) is 3.11. The van der Waals surface area contributed by atoms with Gasteiger partial charge in [-0.2, -0.15) is 0 Å². The largest absolute Gasteiger partial charge is 0.345 e. The molecule has 0 fully saturated rings. The van der Waals surface area contributed by atoms with Gasteiger partial charge in [0.25, 0.3) is 0 Å². The average molecular weight is 456 g/mol. The van der Waals surface area contributed by atoms with Crippen LogP contribution in [0.4, 0.5) is 5.69 Å². The Morgan fingerprint density at radius 3 is 2.61 bits per heavy atom. The molecule has 2 aromatic carbocycles. The van der Waals surface area contributed by atoms with Gasteiger partial charge in [0.15, 0.2) is 11.0 Å². The summed E-state index contributed by atoms with van der Waals surface area (Å²) < 4.78 is 1.75. The molecule has 9 heteroatoms. The van der Waals surface area contributed by atoms with Crippen molar-refractivity contribution < 1.29 is 9.59 Å². The molecular formula is C22H22ClN5O2S. The molecule has 1 aromatic heterocycles. The van der Waals surface area contributed by atoms with Crippen molar-refractivity contribution in [3.8, 4) is 0 Å². The first kappa shape index (κ1) is 22.6. The molecule has 7 nitrogen and oxygen atoms in total. The molecule has 0 saturated heterocycles. The molecule has 0 unspecified atom stereocenters. The topological polar surface area (TPSA) is 88.9 Å². The van der Waals surface area contributed by atoms with Crippen LogP contribution in [0.3, 0.4) is 0 Å². The zero-order valence-corrected chi connectivity index (χ0v) is 18.7. The van der Waals surface area contributed by atoms with Gasteiger partial charge in [-0.1, -0.05) is 59.3 Å². The number of nitrogens with zero attached hydrogens (tertiary/aromatic N) is 3. The number of rotatable bonds is 8. The molecule has 2 amide bonds. The van der Waals surface area contributed by atoms with Gasteiger partial charge in [0.05, 0.1) is 12.3 Å². The van der Waals surface area contributed by atoms with E-state index in [-0.39, 0.29) is 24.1 Å². The lowest BCUT2D eigenvalue weighted by Gasteiger charge is -2.06. The quantitative estimate of drug-likeness (QED) is 0.398. The highest BCUT2D eigenvalue weighted by Gasteiger charge is 2.12. The first-order valence-corrected chi connectivity index (χ1v) is 10.9. The monoisotopic (exact) mass is 455 g/mol. The van der Waals surface area contributed by atoms with Gasteiger partial charge in [-0.15, -0.1) is 10.2 Å². The third kappa shape index (κ3) is 6.70. The Morgan fingerprint density at radius 2 is 1.87 bits per heavy atom. The van der Waals surface area contributed by atoms with E-state index in [1.807, 2.05) is 49.4 Å². The molecule has 3 rings (SSSR count). The predicted molar refractivity (Wildman–Crippen MR) is 124 cm³/mol. The smallest absolute Gasteiger partial charge is 0.244 e. The SMILES string of the molecule is Cc1ccc(NC(=O)CSc2nnc(CNC(=O)/C=C/c3ccccc3Cl)n2C)cc1. The van der Waals surface area contributed by atoms with Crippen molar-refractivity contribution in [3.63, 3.8) is 0 Å². The number of nitrogens with one attached hydrogen (secondary N) is 2. The van der Waals surface area contributed by atoms with E-state index in [1.54, 1.807) is 23.8 Å². The third-order valence-corrected chi connectivity index (χ3v) is 5.70. The van der Waals surface area contributed by atoms with Gasteiger partial charge in [-0.05, 0) is 36.8 Å². The van der Waals surface area contributed by atoms with Crippen LogP contribution in [0.15, 0.2) is 59.8 Å². The number of hydrogen-bond donors (Lipinski definition) is 2. The molecule has 0 bridgehead atoms. The fraction of sp³-hybridized carbons (Fsp3) is 0.182. The van der Waals surface area contributed by atoms with Crippen LogP contribution in [0.25, 0.3) is 6.08 Å². The van der Waals surface area contributed by atoms with E-state index in [0.717, 1.165) is 16.8 Å². The number of carbonyl (C=O) groups excluding carboxylic acids is 2. The van der Waals surface area contributed by atoms with E-state index < -0.39 is 0 Å². The molecule has 0 aliphatic carbocycles. The summed E-state index contributed by atoms with van der Waals surface area (Å²) >= 11 is 7.35. The Balaban J connectivity index is 1.48. The molecule has 0 saturated carbocycles. The maximum Gasteiger partial charge on any atom is 0.244 e. The zero-order chi connectivity index (χ0) is 22.2. The lowest BCUT2D eigenvalue weighted by molar-refractivity contribution is -0.116. The summed E-state index contributed by atoms with van der Waals surface area (Å²) in [5.74, 6) is 0.388. The van der Waals surface area contributed by atoms with E-state index in [4.69, 9.17) is 11.6 Å². The van der Waals surface area contributed by atoms with Crippen LogP contribution in [0, 0.1) is 6.92 Å². The van der Waals surface area contributed by atoms with Crippen molar-refractivity contribution in [2.75, 3.05) is 11.1 Å². The van der Waals surface area contributed by atoms with Crippen molar-refractivity contribution >= 4 is 46.9 Å². The molecule has 0 aliphatic rings. The van der Waals surface area contributed by atoms with E-state index in [2.05, 4.69) is 20.8 Å². The second kappa shape index (κ2) is 10.8. The minimum atomic E-state index is -0.269. The van der Waals surface area contributed by atoms with Crippen molar-refractivity contribution in [2.45, 2.75) is 18.6 Å². The van der Waals surface area contributed by atoms with Crippen LogP contribution in [0.5, 0.6) is 0 Å². The third-order valence-electron chi connectivity index (χ3n) is 4.33. The molecule has 0 spiro atoms. The Hall–Kier alpha value is -3.10. The van der Waals surface area contributed by atoms with E-state index in [0.29, 0.717) is 16.0 Å². The van der Waals surface area contributed by atoms with Gasteiger partial charge in [-0.25, -0.2) is 0 Å². The maximum atomic E-state index is 12.2. The zero-order valence-electron chi connectivity index (χ0n) is 17.1. The number of hydrogen-bond acceptors (Lipinski definition) is 5. The summed E-state index contributed by atoms with van der Waals surface area (Å²) in [4.78, 5) is 24.2. The maximum absolute atomic E-state index is 12.2. The summed E-state index contributed by atoms with van der Waals surface area (Å²) in [6.45, 7) is 2.20. The van der Waals surface area contributed by atoms with Crippen LogP contribution in [-0.2, 0) is 23.2 Å². The van der Waals surface area contributed by atoms with Crippen molar-refractivity contribution in [2.24, 2.45) is 7.05 Å². The number of carbonyl (C=O) groups is 2. The van der Waals surface area contributed by atoms with Crippen molar-refractivity contribution in [1.82, 2.24) is 20.1 Å². The Morgan fingerprint density at radius 1 is 1.13 bits per heavy atom. The molecular weight excluding hydrogens is 434 g/mol. The van der Waals surface area contributed by atoms with Gasteiger partial charge in [0.2, 0.25) is 11.8 Å². The molecule has 160 valence electrons. The Kier molecular flexibility index (Phi) is 7.86. The van der Waals surface area contributed by atoms with E-state index >= 15 is 0 Å². The second-order valence-corrected chi connectivity index (χ2v) is 8.08. The minimum Gasteiger partial charge on any atom is -0.345 e. The van der Waals surface area contributed by atoms with Gasteiger partial charge in [0, 0.05) is 23.8 Å². The molecule has 31 heavy (non-hydrogen) atoms. The van der Waals surface area contributed by atoms with Crippen LogP contribution < -0.4 is 10.6 Å². The molecule has 2 N–H and O–H groups in total. The lowest BCUT2D eigenvalue weighted by atomic mass is 10.2. The fourth-order valence-corrected chi connectivity index (χ4v) is 3.52. The molecule has 0 radical (unpaired) electrons. The molecule has 0 atom stereocenters.